The Labute approximate surface area is 175 Å². The fourth-order valence-electron chi connectivity index (χ4n) is 3.74. The molecule has 0 bridgehead atoms. The summed E-state index contributed by atoms with van der Waals surface area (Å²) in [6.45, 7) is 3.08. The molecule has 1 aliphatic heterocycles. The monoisotopic (exact) mass is 403 g/mol. The van der Waals surface area contributed by atoms with E-state index in [0.717, 1.165) is 17.7 Å². The van der Waals surface area contributed by atoms with Gasteiger partial charge in [0.1, 0.15) is 12.7 Å². The van der Waals surface area contributed by atoms with Crippen LogP contribution in [0.15, 0.2) is 67.3 Å². The second kappa shape index (κ2) is 8.90. The van der Waals surface area contributed by atoms with Gasteiger partial charge < -0.3 is 10.2 Å². The van der Waals surface area contributed by atoms with Crippen LogP contribution in [0, 0.1) is 5.92 Å². The van der Waals surface area contributed by atoms with E-state index < -0.39 is 0 Å². The van der Waals surface area contributed by atoms with Crippen LogP contribution in [-0.4, -0.2) is 44.6 Å². The summed E-state index contributed by atoms with van der Waals surface area (Å²) in [7, 11) is 0. The molecule has 0 aliphatic carbocycles. The van der Waals surface area contributed by atoms with Crippen molar-refractivity contribution in [3.63, 3.8) is 0 Å². The Morgan fingerprint density at radius 1 is 1.17 bits per heavy atom. The lowest BCUT2D eigenvalue weighted by atomic mass is 10.0. The number of hydrogen-bond donors (Lipinski definition) is 1. The van der Waals surface area contributed by atoms with Gasteiger partial charge in [-0.2, -0.15) is 5.10 Å². The molecular weight excluding hydrogens is 378 g/mol. The van der Waals surface area contributed by atoms with Crippen molar-refractivity contribution in [3.05, 3.63) is 78.4 Å². The first-order valence-electron chi connectivity index (χ1n) is 10.2. The van der Waals surface area contributed by atoms with E-state index in [1.54, 1.807) is 15.9 Å². The van der Waals surface area contributed by atoms with Crippen molar-refractivity contribution in [1.29, 1.82) is 0 Å². The van der Waals surface area contributed by atoms with Crippen LogP contribution < -0.4 is 5.32 Å². The maximum atomic E-state index is 12.7. The molecule has 1 aromatic heterocycles. The maximum Gasteiger partial charge on any atom is 0.225 e. The highest BCUT2D eigenvalue weighted by atomic mass is 16.2. The summed E-state index contributed by atoms with van der Waals surface area (Å²) in [5, 5.41) is 7.16. The van der Waals surface area contributed by atoms with E-state index in [1.165, 1.54) is 11.9 Å². The fourth-order valence-corrected chi connectivity index (χ4v) is 3.74. The van der Waals surface area contributed by atoms with Gasteiger partial charge >= 0.3 is 0 Å². The number of nitrogens with one attached hydrogen (secondary N) is 1. The van der Waals surface area contributed by atoms with Crippen LogP contribution in [0.1, 0.15) is 30.5 Å². The predicted octanol–water partition coefficient (Wildman–Crippen LogP) is 2.54. The molecule has 0 spiro atoms. The fraction of sp³-hybridized carbons (Fsp3) is 0.304. The predicted molar refractivity (Wildman–Crippen MR) is 113 cm³/mol. The molecular formula is C23H25N5O2. The van der Waals surface area contributed by atoms with Crippen LogP contribution in [0.2, 0.25) is 0 Å². The lowest BCUT2D eigenvalue weighted by Crippen LogP contribution is -2.35. The molecule has 1 N–H and O–H groups in total. The normalized spacial score (nSPS) is 17.2. The zero-order valence-electron chi connectivity index (χ0n) is 16.9. The minimum Gasteiger partial charge on any atom is -0.349 e. The second-order valence-corrected chi connectivity index (χ2v) is 7.64. The van der Waals surface area contributed by atoms with Gasteiger partial charge in [0.15, 0.2) is 0 Å². The van der Waals surface area contributed by atoms with Gasteiger partial charge in [-0.25, -0.2) is 9.67 Å². The average molecular weight is 403 g/mol. The van der Waals surface area contributed by atoms with Crippen molar-refractivity contribution in [2.75, 3.05) is 13.1 Å². The van der Waals surface area contributed by atoms with Crippen molar-refractivity contribution in [2.45, 2.75) is 25.8 Å². The molecule has 2 atom stereocenters. The standard InChI is InChI=1S/C23H25N5O2/c1-17(19-7-9-21(10-8-19)28-16-24-15-25-28)26-23(30)20-13-22(29)27(14-20)12-11-18-5-3-2-4-6-18/h2-10,15-17,20H,11-14H2,1H3,(H,26,30)/t17-,20-/m0/s1. The molecule has 0 saturated carbocycles. The summed E-state index contributed by atoms with van der Waals surface area (Å²) in [5.74, 6) is -0.320. The SMILES string of the molecule is C[C@H](NC(=O)[C@H]1CC(=O)N(CCc2ccccc2)C1)c1ccc(-n2cncn2)cc1. The highest BCUT2D eigenvalue weighted by Crippen LogP contribution is 2.21. The topological polar surface area (TPSA) is 80.1 Å². The quantitative estimate of drug-likeness (QED) is 0.657. The third-order valence-electron chi connectivity index (χ3n) is 5.53. The molecule has 0 radical (unpaired) electrons. The lowest BCUT2D eigenvalue weighted by molar-refractivity contribution is -0.129. The number of hydrogen-bond acceptors (Lipinski definition) is 4. The number of carbonyl (C=O) groups is 2. The maximum absolute atomic E-state index is 12.7. The van der Waals surface area contributed by atoms with E-state index in [4.69, 9.17) is 0 Å². The molecule has 0 unspecified atom stereocenters. The molecule has 154 valence electrons. The summed E-state index contributed by atoms with van der Waals surface area (Å²) in [4.78, 5) is 30.8. The first kappa shape index (κ1) is 19.8. The molecule has 2 heterocycles. The molecule has 30 heavy (non-hydrogen) atoms. The van der Waals surface area contributed by atoms with Crippen LogP contribution in [0.25, 0.3) is 5.69 Å². The Bertz CT molecular complexity index is 986. The summed E-state index contributed by atoms with van der Waals surface area (Å²) in [6, 6.07) is 17.8. The summed E-state index contributed by atoms with van der Waals surface area (Å²) >= 11 is 0. The third kappa shape index (κ3) is 4.56. The first-order chi connectivity index (χ1) is 14.6. The van der Waals surface area contributed by atoms with Crippen molar-refractivity contribution < 1.29 is 9.59 Å². The Morgan fingerprint density at radius 2 is 1.93 bits per heavy atom. The second-order valence-electron chi connectivity index (χ2n) is 7.64. The highest BCUT2D eigenvalue weighted by Gasteiger charge is 2.34. The highest BCUT2D eigenvalue weighted by molar-refractivity contribution is 5.89. The molecule has 7 nitrogen and oxygen atoms in total. The van der Waals surface area contributed by atoms with E-state index in [0.29, 0.717) is 13.1 Å². The van der Waals surface area contributed by atoms with Gasteiger partial charge in [0.05, 0.1) is 17.6 Å². The molecule has 1 fully saturated rings. The molecule has 7 heteroatoms. The van der Waals surface area contributed by atoms with Gasteiger partial charge in [-0.1, -0.05) is 42.5 Å². The van der Waals surface area contributed by atoms with Crippen molar-refractivity contribution in [2.24, 2.45) is 5.92 Å². The van der Waals surface area contributed by atoms with Gasteiger partial charge in [-0.15, -0.1) is 0 Å². The smallest absolute Gasteiger partial charge is 0.225 e. The zero-order chi connectivity index (χ0) is 20.9. The number of rotatable bonds is 7. The van der Waals surface area contributed by atoms with Crippen molar-refractivity contribution in [3.8, 4) is 5.69 Å². The van der Waals surface area contributed by atoms with Crippen LogP contribution in [-0.2, 0) is 16.0 Å². The summed E-state index contributed by atoms with van der Waals surface area (Å²) < 4.78 is 1.68. The van der Waals surface area contributed by atoms with Crippen LogP contribution in [0.3, 0.4) is 0 Å². The Kier molecular flexibility index (Phi) is 5.88. The molecule has 4 rings (SSSR count). The van der Waals surface area contributed by atoms with Crippen molar-refractivity contribution >= 4 is 11.8 Å². The molecule has 2 aromatic carbocycles. The lowest BCUT2D eigenvalue weighted by Gasteiger charge is -2.19. The minimum atomic E-state index is -0.301. The number of aromatic nitrogens is 3. The van der Waals surface area contributed by atoms with E-state index in [1.807, 2.05) is 49.4 Å². The Balaban J connectivity index is 1.30. The largest absolute Gasteiger partial charge is 0.349 e. The number of likely N-dealkylation sites (tertiary alicyclic amines) is 1. The Hall–Kier alpha value is -3.48. The minimum absolute atomic E-state index is 0.0518. The molecule has 1 saturated heterocycles. The van der Waals surface area contributed by atoms with E-state index in [9.17, 15) is 9.59 Å². The van der Waals surface area contributed by atoms with Crippen LogP contribution >= 0.6 is 0 Å². The number of benzene rings is 2. The van der Waals surface area contributed by atoms with E-state index >= 15 is 0 Å². The van der Waals surface area contributed by atoms with E-state index in [-0.39, 0.29) is 30.2 Å². The van der Waals surface area contributed by atoms with Gasteiger partial charge in [0.2, 0.25) is 11.8 Å². The van der Waals surface area contributed by atoms with Gasteiger partial charge in [0.25, 0.3) is 0 Å². The van der Waals surface area contributed by atoms with Gasteiger partial charge in [0, 0.05) is 19.5 Å². The van der Waals surface area contributed by atoms with Gasteiger partial charge in [-0.05, 0) is 36.6 Å². The van der Waals surface area contributed by atoms with Crippen molar-refractivity contribution in [1.82, 2.24) is 25.0 Å². The third-order valence-corrected chi connectivity index (χ3v) is 5.53. The number of amides is 2. The van der Waals surface area contributed by atoms with Crippen LogP contribution in [0.4, 0.5) is 0 Å². The molecule has 1 aliphatic rings. The summed E-state index contributed by atoms with van der Waals surface area (Å²) in [6.07, 6.45) is 4.21. The number of nitrogens with zero attached hydrogens (tertiary/aromatic N) is 4. The average Bonchev–Trinajstić information content (AvgIpc) is 3.43. The Morgan fingerprint density at radius 3 is 2.63 bits per heavy atom. The zero-order valence-corrected chi connectivity index (χ0v) is 16.9. The molecule has 2 amide bonds. The first-order valence-corrected chi connectivity index (χ1v) is 10.2. The van der Waals surface area contributed by atoms with Gasteiger partial charge in [-0.3, -0.25) is 9.59 Å². The van der Waals surface area contributed by atoms with E-state index in [2.05, 4.69) is 27.5 Å². The molecule has 3 aromatic rings. The summed E-state index contributed by atoms with van der Waals surface area (Å²) in [5.41, 5.74) is 3.10. The number of carbonyl (C=O) groups excluding carboxylic acids is 2. The van der Waals surface area contributed by atoms with Crippen LogP contribution in [0.5, 0.6) is 0 Å².